The molecule has 0 spiro atoms. The number of aromatic nitrogens is 1. The van der Waals surface area contributed by atoms with Crippen molar-refractivity contribution in [3.8, 4) is 0 Å². The number of carbonyl (C=O) groups is 3. The maximum Gasteiger partial charge on any atom is 0.255 e. The number of nitrogens with one attached hydrogen (secondary N) is 3. The molecule has 0 saturated heterocycles. The van der Waals surface area contributed by atoms with E-state index in [1.165, 1.54) is 0 Å². The molecular formula is C24H24N4O3. The Labute approximate surface area is 180 Å². The van der Waals surface area contributed by atoms with Gasteiger partial charge in [0.2, 0.25) is 5.91 Å². The zero-order chi connectivity index (χ0) is 22.2. The van der Waals surface area contributed by atoms with Crippen molar-refractivity contribution in [1.82, 2.24) is 10.3 Å². The predicted molar refractivity (Wildman–Crippen MR) is 120 cm³/mol. The molecule has 0 atom stereocenters. The molecule has 0 radical (unpaired) electrons. The molecule has 3 aromatic rings. The lowest BCUT2D eigenvalue weighted by atomic mass is 10.1. The average Bonchev–Trinajstić information content (AvgIpc) is 2.78. The van der Waals surface area contributed by atoms with Crippen LogP contribution >= 0.6 is 0 Å². The summed E-state index contributed by atoms with van der Waals surface area (Å²) in [4.78, 5) is 40.4. The Morgan fingerprint density at radius 3 is 2.16 bits per heavy atom. The van der Waals surface area contributed by atoms with Crippen LogP contribution in [0.25, 0.3) is 0 Å². The van der Waals surface area contributed by atoms with Crippen LogP contribution < -0.4 is 16.0 Å². The van der Waals surface area contributed by atoms with E-state index in [-0.39, 0.29) is 23.6 Å². The maximum atomic E-state index is 12.4. The van der Waals surface area contributed by atoms with Gasteiger partial charge in [0.1, 0.15) is 0 Å². The molecular weight excluding hydrogens is 392 g/mol. The zero-order valence-electron chi connectivity index (χ0n) is 17.4. The highest BCUT2D eigenvalue weighted by atomic mass is 16.2. The smallest absolute Gasteiger partial charge is 0.255 e. The molecule has 0 aliphatic carbocycles. The van der Waals surface area contributed by atoms with Gasteiger partial charge >= 0.3 is 0 Å². The number of benzene rings is 2. The largest absolute Gasteiger partial charge is 0.348 e. The fourth-order valence-electron chi connectivity index (χ4n) is 2.74. The summed E-state index contributed by atoms with van der Waals surface area (Å²) in [5.41, 5.74) is 3.14. The lowest BCUT2D eigenvalue weighted by molar-refractivity contribution is -0.118. The second kappa shape index (κ2) is 10.2. The van der Waals surface area contributed by atoms with Crippen molar-refractivity contribution in [2.75, 3.05) is 10.6 Å². The summed E-state index contributed by atoms with van der Waals surface area (Å²) >= 11 is 0. The van der Waals surface area contributed by atoms with E-state index >= 15 is 0 Å². The van der Waals surface area contributed by atoms with Gasteiger partial charge in [0.15, 0.2) is 0 Å². The van der Waals surface area contributed by atoms with Crippen molar-refractivity contribution in [2.45, 2.75) is 20.4 Å². The SMILES string of the molecule is CC(C)C(=O)Nc1ccc(C(=O)NCc2cccc(NC(=O)c3ccncc3)c2)cc1. The third-order valence-corrected chi connectivity index (χ3v) is 4.52. The van der Waals surface area contributed by atoms with E-state index in [4.69, 9.17) is 0 Å². The van der Waals surface area contributed by atoms with Gasteiger partial charge in [-0.05, 0) is 54.1 Å². The van der Waals surface area contributed by atoms with Crippen LogP contribution in [0.5, 0.6) is 0 Å². The van der Waals surface area contributed by atoms with E-state index in [9.17, 15) is 14.4 Å². The minimum atomic E-state index is -0.229. The number of amides is 3. The Kier molecular flexibility index (Phi) is 7.11. The normalized spacial score (nSPS) is 10.4. The summed E-state index contributed by atoms with van der Waals surface area (Å²) in [7, 11) is 0. The van der Waals surface area contributed by atoms with Gasteiger partial charge in [0.25, 0.3) is 11.8 Å². The maximum absolute atomic E-state index is 12.4. The van der Waals surface area contributed by atoms with Gasteiger partial charge in [-0.3, -0.25) is 19.4 Å². The Bertz CT molecular complexity index is 1060. The number of carbonyl (C=O) groups excluding carboxylic acids is 3. The lowest BCUT2D eigenvalue weighted by Gasteiger charge is -2.10. The molecule has 3 amide bonds. The van der Waals surface area contributed by atoms with Crippen LogP contribution in [0.4, 0.5) is 11.4 Å². The van der Waals surface area contributed by atoms with Crippen molar-refractivity contribution in [3.63, 3.8) is 0 Å². The molecule has 31 heavy (non-hydrogen) atoms. The van der Waals surface area contributed by atoms with Crippen LogP contribution in [-0.2, 0) is 11.3 Å². The van der Waals surface area contributed by atoms with Gasteiger partial charge < -0.3 is 16.0 Å². The highest BCUT2D eigenvalue weighted by molar-refractivity contribution is 6.04. The van der Waals surface area contributed by atoms with Crippen LogP contribution in [0.2, 0.25) is 0 Å². The van der Waals surface area contributed by atoms with Crippen molar-refractivity contribution < 1.29 is 14.4 Å². The molecule has 0 aliphatic heterocycles. The lowest BCUT2D eigenvalue weighted by Crippen LogP contribution is -2.23. The first-order valence-electron chi connectivity index (χ1n) is 9.92. The first-order chi connectivity index (χ1) is 14.9. The van der Waals surface area contributed by atoms with E-state index in [1.54, 1.807) is 54.9 Å². The fraction of sp³-hybridized carbons (Fsp3) is 0.167. The predicted octanol–water partition coefficient (Wildman–Crippen LogP) is 3.86. The highest BCUT2D eigenvalue weighted by Gasteiger charge is 2.10. The molecule has 0 bridgehead atoms. The molecule has 7 nitrogen and oxygen atoms in total. The number of hydrogen-bond donors (Lipinski definition) is 3. The summed E-state index contributed by atoms with van der Waals surface area (Å²) in [6, 6.07) is 17.3. The molecule has 0 saturated carbocycles. The zero-order valence-corrected chi connectivity index (χ0v) is 17.4. The van der Waals surface area contributed by atoms with Crippen LogP contribution in [-0.4, -0.2) is 22.7 Å². The van der Waals surface area contributed by atoms with Gasteiger partial charge in [0, 0.05) is 47.4 Å². The molecule has 2 aromatic carbocycles. The van der Waals surface area contributed by atoms with Crippen molar-refractivity contribution >= 4 is 29.1 Å². The van der Waals surface area contributed by atoms with Gasteiger partial charge in [0.05, 0.1) is 0 Å². The van der Waals surface area contributed by atoms with E-state index < -0.39 is 0 Å². The summed E-state index contributed by atoms with van der Waals surface area (Å²) < 4.78 is 0. The van der Waals surface area contributed by atoms with E-state index in [2.05, 4.69) is 20.9 Å². The van der Waals surface area contributed by atoms with Gasteiger partial charge in [-0.25, -0.2) is 0 Å². The number of rotatable bonds is 7. The van der Waals surface area contributed by atoms with Gasteiger partial charge in [-0.15, -0.1) is 0 Å². The molecule has 0 unspecified atom stereocenters. The van der Waals surface area contributed by atoms with E-state index in [1.807, 2.05) is 32.0 Å². The van der Waals surface area contributed by atoms with Crippen molar-refractivity contribution in [1.29, 1.82) is 0 Å². The molecule has 0 fully saturated rings. The van der Waals surface area contributed by atoms with Gasteiger partial charge in [-0.2, -0.15) is 0 Å². The first kappa shape index (κ1) is 21.7. The first-order valence-corrected chi connectivity index (χ1v) is 9.92. The van der Waals surface area contributed by atoms with E-state index in [0.29, 0.717) is 29.0 Å². The summed E-state index contributed by atoms with van der Waals surface area (Å²) in [6.07, 6.45) is 3.12. The molecule has 1 heterocycles. The number of anilines is 2. The topological polar surface area (TPSA) is 100 Å². The van der Waals surface area contributed by atoms with E-state index in [0.717, 1.165) is 5.56 Å². The van der Waals surface area contributed by atoms with Crippen molar-refractivity contribution in [2.24, 2.45) is 5.92 Å². The van der Waals surface area contributed by atoms with Gasteiger partial charge in [-0.1, -0.05) is 26.0 Å². The minimum absolute atomic E-state index is 0.0758. The van der Waals surface area contributed by atoms with Crippen LogP contribution in [0.3, 0.4) is 0 Å². The molecule has 7 heteroatoms. The molecule has 3 rings (SSSR count). The van der Waals surface area contributed by atoms with Crippen LogP contribution in [0.15, 0.2) is 73.1 Å². The average molecular weight is 416 g/mol. The monoisotopic (exact) mass is 416 g/mol. The third-order valence-electron chi connectivity index (χ3n) is 4.52. The summed E-state index contributed by atoms with van der Waals surface area (Å²) in [5, 5.41) is 8.48. The second-order valence-electron chi connectivity index (χ2n) is 7.29. The molecule has 158 valence electrons. The van der Waals surface area contributed by atoms with Crippen LogP contribution in [0.1, 0.15) is 40.1 Å². The standard InChI is InChI=1S/C24H24N4O3/c1-16(2)22(29)27-20-8-6-18(7-9-20)23(30)26-15-17-4-3-5-21(14-17)28-24(31)19-10-12-25-13-11-19/h3-14,16H,15H2,1-2H3,(H,26,30)(H,27,29)(H,28,31). The molecule has 1 aromatic heterocycles. The number of pyridine rings is 1. The quantitative estimate of drug-likeness (QED) is 0.544. The Morgan fingerprint density at radius 2 is 1.48 bits per heavy atom. The molecule has 3 N–H and O–H groups in total. The molecule has 0 aliphatic rings. The highest BCUT2D eigenvalue weighted by Crippen LogP contribution is 2.14. The summed E-state index contributed by atoms with van der Waals surface area (Å²) in [6.45, 7) is 3.94. The summed E-state index contributed by atoms with van der Waals surface area (Å²) in [5.74, 6) is -0.650. The second-order valence-corrected chi connectivity index (χ2v) is 7.29. The number of nitrogens with zero attached hydrogens (tertiary/aromatic N) is 1. The minimum Gasteiger partial charge on any atom is -0.348 e. The van der Waals surface area contributed by atoms with Crippen molar-refractivity contribution in [3.05, 3.63) is 89.7 Å². The Morgan fingerprint density at radius 1 is 0.806 bits per heavy atom. The number of hydrogen-bond acceptors (Lipinski definition) is 4. The fourth-order valence-corrected chi connectivity index (χ4v) is 2.74. The third kappa shape index (κ3) is 6.24. The Balaban J connectivity index is 1.56. The Hall–Kier alpha value is -4.00. The van der Waals surface area contributed by atoms with Crippen LogP contribution in [0, 0.1) is 5.92 Å².